The Morgan fingerprint density at radius 3 is 2.38 bits per heavy atom. The zero-order chi connectivity index (χ0) is 17.5. The first-order valence-corrected chi connectivity index (χ1v) is 7.67. The SMILES string of the molecule is CCNC(=O)c1ccc(NC(=O)NCc2ccc(F)c(C)c2)cc1. The zero-order valence-corrected chi connectivity index (χ0v) is 13.7. The number of aryl methyl sites for hydroxylation is 1. The molecule has 2 rings (SSSR count). The van der Waals surface area contributed by atoms with E-state index in [0.29, 0.717) is 29.9 Å². The van der Waals surface area contributed by atoms with Gasteiger partial charge in [-0.1, -0.05) is 12.1 Å². The van der Waals surface area contributed by atoms with Gasteiger partial charge in [-0.3, -0.25) is 4.79 Å². The average molecular weight is 329 g/mol. The summed E-state index contributed by atoms with van der Waals surface area (Å²) in [5.74, 6) is -0.421. The minimum atomic E-state index is -0.372. The van der Waals surface area contributed by atoms with Crippen molar-refractivity contribution in [1.82, 2.24) is 10.6 Å². The van der Waals surface area contributed by atoms with Gasteiger partial charge < -0.3 is 16.0 Å². The molecule has 0 saturated heterocycles. The quantitative estimate of drug-likeness (QED) is 0.788. The third kappa shape index (κ3) is 4.81. The van der Waals surface area contributed by atoms with Crippen molar-refractivity contribution in [1.29, 1.82) is 0 Å². The molecule has 5 nitrogen and oxygen atoms in total. The number of rotatable bonds is 5. The Balaban J connectivity index is 1.87. The van der Waals surface area contributed by atoms with Crippen LogP contribution in [0, 0.1) is 12.7 Å². The molecule has 24 heavy (non-hydrogen) atoms. The van der Waals surface area contributed by atoms with E-state index in [1.165, 1.54) is 6.07 Å². The maximum Gasteiger partial charge on any atom is 0.319 e. The van der Waals surface area contributed by atoms with E-state index in [2.05, 4.69) is 16.0 Å². The summed E-state index contributed by atoms with van der Waals surface area (Å²) in [6.07, 6.45) is 0. The van der Waals surface area contributed by atoms with Gasteiger partial charge in [0.2, 0.25) is 0 Å². The van der Waals surface area contributed by atoms with Crippen molar-refractivity contribution in [3.8, 4) is 0 Å². The monoisotopic (exact) mass is 329 g/mol. The van der Waals surface area contributed by atoms with E-state index in [1.807, 2.05) is 6.92 Å². The standard InChI is InChI=1S/C18H20FN3O2/c1-3-20-17(23)14-5-7-15(8-6-14)22-18(24)21-11-13-4-9-16(19)12(2)10-13/h4-10H,3,11H2,1-2H3,(H,20,23)(H2,21,22,24). The Hall–Kier alpha value is -2.89. The molecule has 3 amide bonds. The van der Waals surface area contributed by atoms with Crippen LogP contribution in [0.4, 0.5) is 14.9 Å². The van der Waals surface area contributed by atoms with E-state index in [4.69, 9.17) is 0 Å². The highest BCUT2D eigenvalue weighted by Crippen LogP contribution is 2.11. The number of halogens is 1. The van der Waals surface area contributed by atoms with Gasteiger partial charge in [0.1, 0.15) is 5.82 Å². The highest BCUT2D eigenvalue weighted by molar-refractivity contribution is 5.95. The minimum Gasteiger partial charge on any atom is -0.352 e. The van der Waals surface area contributed by atoms with Crippen LogP contribution >= 0.6 is 0 Å². The summed E-state index contributed by atoms with van der Waals surface area (Å²) in [4.78, 5) is 23.5. The second-order valence-electron chi connectivity index (χ2n) is 5.33. The van der Waals surface area contributed by atoms with Crippen LogP contribution in [-0.4, -0.2) is 18.5 Å². The largest absolute Gasteiger partial charge is 0.352 e. The van der Waals surface area contributed by atoms with Crippen molar-refractivity contribution < 1.29 is 14.0 Å². The molecular formula is C18H20FN3O2. The lowest BCUT2D eigenvalue weighted by Crippen LogP contribution is -2.28. The van der Waals surface area contributed by atoms with E-state index in [1.54, 1.807) is 43.3 Å². The maximum atomic E-state index is 13.2. The van der Waals surface area contributed by atoms with Gasteiger partial charge in [0.15, 0.2) is 0 Å². The number of carbonyl (C=O) groups is 2. The van der Waals surface area contributed by atoms with Gasteiger partial charge in [-0.05, 0) is 55.3 Å². The average Bonchev–Trinajstić information content (AvgIpc) is 2.57. The van der Waals surface area contributed by atoms with Crippen molar-refractivity contribution in [2.75, 3.05) is 11.9 Å². The highest BCUT2D eigenvalue weighted by Gasteiger charge is 2.06. The topological polar surface area (TPSA) is 70.2 Å². The summed E-state index contributed by atoms with van der Waals surface area (Å²) in [7, 11) is 0. The molecule has 126 valence electrons. The van der Waals surface area contributed by atoms with E-state index in [0.717, 1.165) is 5.56 Å². The van der Waals surface area contributed by atoms with Gasteiger partial charge in [0.25, 0.3) is 5.91 Å². The fourth-order valence-corrected chi connectivity index (χ4v) is 2.14. The molecule has 0 unspecified atom stereocenters. The highest BCUT2D eigenvalue weighted by atomic mass is 19.1. The fraction of sp³-hybridized carbons (Fsp3) is 0.222. The number of amides is 3. The molecule has 0 aliphatic heterocycles. The van der Waals surface area contributed by atoms with Gasteiger partial charge >= 0.3 is 6.03 Å². The summed E-state index contributed by atoms with van der Waals surface area (Å²) >= 11 is 0. The number of benzene rings is 2. The molecular weight excluding hydrogens is 309 g/mol. The smallest absolute Gasteiger partial charge is 0.319 e. The second-order valence-corrected chi connectivity index (χ2v) is 5.33. The van der Waals surface area contributed by atoms with E-state index in [9.17, 15) is 14.0 Å². The number of nitrogens with one attached hydrogen (secondary N) is 3. The fourth-order valence-electron chi connectivity index (χ4n) is 2.14. The molecule has 6 heteroatoms. The molecule has 2 aromatic carbocycles. The Kier molecular flexibility index (Phi) is 5.89. The molecule has 0 aliphatic rings. The van der Waals surface area contributed by atoms with Crippen molar-refractivity contribution in [3.05, 3.63) is 65.0 Å². The first-order valence-electron chi connectivity index (χ1n) is 7.67. The Morgan fingerprint density at radius 2 is 1.75 bits per heavy atom. The number of carbonyl (C=O) groups excluding carboxylic acids is 2. The van der Waals surface area contributed by atoms with Crippen LogP contribution in [0.5, 0.6) is 0 Å². The Morgan fingerprint density at radius 1 is 1.04 bits per heavy atom. The zero-order valence-electron chi connectivity index (χ0n) is 13.7. The van der Waals surface area contributed by atoms with Gasteiger partial charge in [0, 0.05) is 24.3 Å². The van der Waals surface area contributed by atoms with Crippen molar-refractivity contribution >= 4 is 17.6 Å². The van der Waals surface area contributed by atoms with E-state index >= 15 is 0 Å². The van der Waals surface area contributed by atoms with Crippen LogP contribution in [0.15, 0.2) is 42.5 Å². The molecule has 0 aromatic heterocycles. The van der Waals surface area contributed by atoms with E-state index in [-0.39, 0.29) is 17.8 Å². The van der Waals surface area contributed by atoms with E-state index < -0.39 is 0 Å². The van der Waals surface area contributed by atoms with Gasteiger partial charge in [0.05, 0.1) is 0 Å². The third-order valence-corrected chi connectivity index (χ3v) is 3.42. The molecule has 0 atom stereocenters. The third-order valence-electron chi connectivity index (χ3n) is 3.42. The molecule has 2 aromatic rings. The Labute approximate surface area is 140 Å². The van der Waals surface area contributed by atoms with Crippen molar-refractivity contribution in [2.24, 2.45) is 0 Å². The first-order chi connectivity index (χ1) is 11.5. The summed E-state index contributed by atoms with van der Waals surface area (Å²) in [5, 5.41) is 8.08. The predicted octanol–water partition coefficient (Wildman–Crippen LogP) is 3.21. The number of anilines is 1. The molecule has 0 bridgehead atoms. The molecule has 0 radical (unpaired) electrons. The van der Waals surface area contributed by atoms with Gasteiger partial charge in [-0.2, -0.15) is 0 Å². The molecule has 0 saturated carbocycles. The lowest BCUT2D eigenvalue weighted by Gasteiger charge is -2.09. The van der Waals surface area contributed by atoms with Gasteiger partial charge in [-0.25, -0.2) is 9.18 Å². The summed E-state index contributed by atoms with van der Waals surface area (Å²) in [6.45, 7) is 4.38. The lowest BCUT2D eigenvalue weighted by molar-refractivity contribution is 0.0956. The van der Waals surface area contributed by atoms with Crippen LogP contribution < -0.4 is 16.0 Å². The summed E-state index contributed by atoms with van der Waals surface area (Å²) < 4.78 is 13.2. The van der Waals surface area contributed by atoms with Gasteiger partial charge in [-0.15, -0.1) is 0 Å². The number of urea groups is 1. The predicted molar refractivity (Wildman–Crippen MR) is 91.4 cm³/mol. The van der Waals surface area contributed by atoms with Crippen LogP contribution in [0.2, 0.25) is 0 Å². The van der Waals surface area contributed by atoms with Crippen LogP contribution in [0.25, 0.3) is 0 Å². The van der Waals surface area contributed by atoms with Crippen LogP contribution in [0.1, 0.15) is 28.4 Å². The second kappa shape index (κ2) is 8.10. The molecule has 3 N–H and O–H groups in total. The summed E-state index contributed by atoms with van der Waals surface area (Å²) in [6, 6.07) is 10.9. The van der Waals surface area contributed by atoms with Crippen molar-refractivity contribution in [3.63, 3.8) is 0 Å². The Bertz CT molecular complexity index is 730. The van der Waals surface area contributed by atoms with Crippen LogP contribution in [-0.2, 0) is 6.54 Å². The first kappa shape index (κ1) is 17.5. The number of hydrogen-bond donors (Lipinski definition) is 3. The molecule has 0 heterocycles. The maximum absolute atomic E-state index is 13.2. The number of hydrogen-bond acceptors (Lipinski definition) is 2. The lowest BCUT2D eigenvalue weighted by atomic mass is 10.1. The molecule has 0 aliphatic carbocycles. The molecule has 0 fully saturated rings. The van der Waals surface area contributed by atoms with Crippen LogP contribution in [0.3, 0.4) is 0 Å². The minimum absolute atomic E-state index is 0.153. The molecule has 0 spiro atoms. The van der Waals surface area contributed by atoms with Crippen molar-refractivity contribution in [2.45, 2.75) is 20.4 Å². The summed E-state index contributed by atoms with van der Waals surface area (Å²) in [5.41, 5.74) is 2.46. The normalized spacial score (nSPS) is 10.1.